The van der Waals surface area contributed by atoms with Crippen LogP contribution in [0.1, 0.15) is 12.0 Å². The van der Waals surface area contributed by atoms with Gasteiger partial charge in [-0.2, -0.15) is 0 Å². The molecule has 1 aromatic rings. The lowest BCUT2D eigenvalue weighted by molar-refractivity contribution is -0.131. The van der Waals surface area contributed by atoms with E-state index in [1.165, 1.54) is 6.07 Å². The van der Waals surface area contributed by atoms with E-state index < -0.39 is 0 Å². The van der Waals surface area contributed by atoms with Crippen LogP contribution < -0.4 is 5.32 Å². The molecule has 0 atom stereocenters. The molecule has 1 saturated heterocycles. The van der Waals surface area contributed by atoms with Gasteiger partial charge in [-0.1, -0.05) is 18.2 Å². The van der Waals surface area contributed by atoms with E-state index in [9.17, 15) is 9.18 Å². The fraction of sp³-hybridized carbons (Fsp3) is 0.462. The summed E-state index contributed by atoms with van der Waals surface area (Å²) in [6.07, 6.45) is 0.871. The molecule has 1 aliphatic heterocycles. The van der Waals surface area contributed by atoms with Crippen LogP contribution in [0.15, 0.2) is 24.3 Å². The monoisotopic (exact) mass is 236 g/mol. The molecule has 1 aromatic carbocycles. The number of aryl methyl sites for hydroxylation is 1. The van der Waals surface area contributed by atoms with Crippen LogP contribution in [0.25, 0.3) is 0 Å². The van der Waals surface area contributed by atoms with Crippen LogP contribution in [0.3, 0.4) is 0 Å². The molecule has 1 heterocycles. The zero-order valence-corrected chi connectivity index (χ0v) is 9.79. The molecule has 1 amide bonds. The first kappa shape index (κ1) is 12.0. The average molecular weight is 236 g/mol. The number of rotatable bonds is 3. The van der Waals surface area contributed by atoms with Gasteiger partial charge in [0.25, 0.3) is 0 Å². The maximum atomic E-state index is 13.3. The predicted molar refractivity (Wildman–Crippen MR) is 64.2 cm³/mol. The van der Waals surface area contributed by atoms with Gasteiger partial charge < -0.3 is 10.2 Å². The van der Waals surface area contributed by atoms with Crippen LogP contribution in [0.5, 0.6) is 0 Å². The number of carbonyl (C=O) groups excluding carboxylic acids is 1. The molecule has 1 aliphatic rings. The van der Waals surface area contributed by atoms with E-state index in [4.69, 9.17) is 0 Å². The zero-order valence-electron chi connectivity index (χ0n) is 9.79. The van der Waals surface area contributed by atoms with Crippen molar-refractivity contribution in [3.8, 4) is 0 Å². The number of hydrogen-bond donors (Lipinski definition) is 1. The lowest BCUT2D eigenvalue weighted by Crippen LogP contribution is -2.46. The van der Waals surface area contributed by atoms with Gasteiger partial charge in [0.15, 0.2) is 0 Å². The molecule has 4 heteroatoms. The molecule has 0 bridgehead atoms. The Bertz CT molecular complexity index is 389. The van der Waals surface area contributed by atoms with Crippen LogP contribution in [0.2, 0.25) is 0 Å². The highest BCUT2D eigenvalue weighted by molar-refractivity contribution is 5.76. The van der Waals surface area contributed by atoms with Gasteiger partial charge in [0, 0.05) is 32.6 Å². The normalized spacial score (nSPS) is 15.9. The first-order valence-electron chi connectivity index (χ1n) is 5.99. The molecule has 0 aliphatic carbocycles. The molecule has 0 spiro atoms. The van der Waals surface area contributed by atoms with Crippen molar-refractivity contribution in [2.45, 2.75) is 12.8 Å². The summed E-state index contributed by atoms with van der Waals surface area (Å²) in [5.74, 6) is -0.102. The molecule has 3 nitrogen and oxygen atoms in total. The minimum Gasteiger partial charge on any atom is -0.340 e. The topological polar surface area (TPSA) is 32.3 Å². The number of carbonyl (C=O) groups is 1. The summed E-state index contributed by atoms with van der Waals surface area (Å²) in [5, 5.41) is 3.20. The standard InChI is InChI=1S/C13H17FN2O/c14-12-4-2-1-3-11(12)5-6-13(17)16-9-7-15-8-10-16/h1-4,15H,5-10H2. The summed E-state index contributed by atoms with van der Waals surface area (Å²) in [5.41, 5.74) is 0.621. The van der Waals surface area contributed by atoms with E-state index in [2.05, 4.69) is 5.32 Å². The van der Waals surface area contributed by atoms with E-state index >= 15 is 0 Å². The molecule has 0 aromatic heterocycles. The number of amides is 1. The van der Waals surface area contributed by atoms with Gasteiger partial charge in [-0.3, -0.25) is 4.79 Å². The fourth-order valence-electron chi connectivity index (χ4n) is 2.02. The average Bonchev–Trinajstić information content (AvgIpc) is 2.38. The summed E-state index contributed by atoms with van der Waals surface area (Å²) in [6, 6.07) is 6.63. The fourth-order valence-corrected chi connectivity index (χ4v) is 2.02. The Hall–Kier alpha value is -1.42. The van der Waals surface area contributed by atoms with Crippen molar-refractivity contribution in [1.29, 1.82) is 0 Å². The van der Waals surface area contributed by atoms with Gasteiger partial charge in [0.1, 0.15) is 5.82 Å². The second-order valence-corrected chi connectivity index (χ2v) is 4.22. The third-order valence-electron chi connectivity index (χ3n) is 3.04. The van der Waals surface area contributed by atoms with Crippen molar-refractivity contribution in [3.63, 3.8) is 0 Å². The second-order valence-electron chi connectivity index (χ2n) is 4.22. The van der Waals surface area contributed by atoms with Crippen molar-refractivity contribution in [1.82, 2.24) is 10.2 Å². The number of piperazine rings is 1. The van der Waals surface area contributed by atoms with Gasteiger partial charge >= 0.3 is 0 Å². The van der Waals surface area contributed by atoms with Gasteiger partial charge in [0.2, 0.25) is 5.91 Å². The summed E-state index contributed by atoms with van der Waals surface area (Å²) in [7, 11) is 0. The SMILES string of the molecule is O=C(CCc1ccccc1F)N1CCNCC1. The Morgan fingerprint density at radius 3 is 2.71 bits per heavy atom. The van der Waals surface area contributed by atoms with Crippen molar-refractivity contribution >= 4 is 5.91 Å². The summed E-state index contributed by atoms with van der Waals surface area (Å²) in [4.78, 5) is 13.7. The second kappa shape index (κ2) is 5.77. The van der Waals surface area contributed by atoms with Crippen LogP contribution in [0, 0.1) is 5.82 Å². The van der Waals surface area contributed by atoms with Crippen molar-refractivity contribution < 1.29 is 9.18 Å². The number of hydrogen-bond acceptors (Lipinski definition) is 2. The molecule has 0 unspecified atom stereocenters. The highest BCUT2D eigenvalue weighted by atomic mass is 19.1. The molecule has 0 radical (unpaired) electrons. The summed E-state index contributed by atoms with van der Waals surface area (Å²) in [6.45, 7) is 3.23. The number of nitrogens with zero attached hydrogens (tertiary/aromatic N) is 1. The molecular weight excluding hydrogens is 219 g/mol. The van der Waals surface area contributed by atoms with E-state index in [-0.39, 0.29) is 11.7 Å². The first-order valence-corrected chi connectivity index (χ1v) is 5.99. The Balaban J connectivity index is 1.85. The Kier molecular flexibility index (Phi) is 4.09. The number of nitrogens with one attached hydrogen (secondary N) is 1. The summed E-state index contributed by atoms with van der Waals surface area (Å²) >= 11 is 0. The Labute approximate surface area is 101 Å². The van der Waals surface area contributed by atoms with E-state index in [1.54, 1.807) is 18.2 Å². The van der Waals surface area contributed by atoms with Gasteiger partial charge in [-0.15, -0.1) is 0 Å². The van der Waals surface area contributed by atoms with Crippen LogP contribution in [-0.2, 0) is 11.2 Å². The van der Waals surface area contributed by atoms with E-state index in [0.717, 1.165) is 26.2 Å². The third-order valence-corrected chi connectivity index (χ3v) is 3.04. The van der Waals surface area contributed by atoms with Gasteiger partial charge in [-0.25, -0.2) is 4.39 Å². The predicted octanol–water partition coefficient (Wildman–Crippen LogP) is 1.19. The summed E-state index contributed by atoms with van der Waals surface area (Å²) < 4.78 is 13.3. The maximum absolute atomic E-state index is 13.3. The lowest BCUT2D eigenvalue weighted by Gasteiger charge is -2.27. The Morgan fingerprint density at radius 1 is 1.29 bits per heavy atom. The lowest BCUT2D eigenvalue weighted by atomic mass is 10.1. The Morgan fingerprint density at radius 2 is 2.00 bits per heavy atom. The molecular formula is C13H17FN2O. The minimum absolute atomic E-state index is 0.120. The number of halogens is 1. The van der Waals surface area contributed by atoms with Gasteiger partial charge in [-0.05, 0) is 18.1 Å². The smallest absolute Gasteiger partial charge is 0.222 e. The van der Waals surface area contributed by atoms with E-state index in [1.807, 2.05) is 4.90 Å². The van der Waals surface area contributed by atoms with Crippen molar-refractivity contribution in [3.05, 3.63) is 35.6 Å². The molecule has 92 valence electrons. The minimum atomic E-state index is -0.222. The van der Waals surface area contributed by atoms with Crippen LogP contribution in [0.4, 0.5) is 4.39 Å². The molecule has 1 fully saturated rings. The molecule has 0 saturated carbocycles. The van der Waals surface area contributed by atoms with Crippen molar-refractivity contribution in [2.24, 2.45) is 0 Å². The zero-order chi connectivity index (χ0) is 12.1. The van der Waals surface area contributed by atoms with Gasteiger partial charge in [0.05, 0.1) is 0 Å². The maximum Gasteiger partial charge on any atom is 0.222 e. The highest BCUT2D eigenvalue weighted by Crippen LogP contribution is 2.10. The molecule has 2 rings (SSSR count). The van der Waals surface area contributed by atoms with E-state index in [0.29, 0.717) is 18.4 Å². The highest BCUT2D eigenvalue weighted by Gasteiger charge is 2.16. The first-order chi connectivity index (χ1) is 8.27. The number of benzene rings is 1. The van der Waals surface area contributed by atoms with Crippen molar-refractivity contribution in [2.75, 3.05) is 26.2 Å². The molecule has 17 heavy (non-hydrogen) atoms. The van der Waals surface area contributed by atoms with Crippen LogP contribution in [-0.4, -0.2) is 37.0 Å². The quantitative estimate of drug-likeness (QED) is 0.855. The third kappa shape index (κ3) is 3.27. The van der Waals surface area contributed by atoms with Crippen LogP contribution >= 0.6 is 0 Å². The largest absolute Gasteiger partial charge is 0.340 e. The molecule has 1 N–H and O–H groups in total.